The van der Waals surface area contributed by atoms with E-state index >= 15 is 0 Å². The number of esters is 1. The van der Waals surface area contributed by atoms with Gasteiger partial charge >= 0.3 is 5.97 Å². The van der Waals surface area contributed by atoms with Crippen molar-refractivity contribution in [3.8, 4) is 0 Å². The number of benzene rings is 2. The van der Waals surface area contributed by atoms with Crippen LogP contribution in [0.15, 0.2) is 59.5 Å². The number of carbonyl (C=O) groups excluding carboxylic acids is 1. The van der Waals surface area contributed by atoms with E-state index in [1.54, 1.807) is 12.1 Å². The molecular formula is C21H25NO5S. The molecule has 2 aromatic rings. The number of nitrogens with zero attached hydrogens (tertiary/aromatic N) is 1. The van der Waals surface area contributed by atoms with E-state index in [1.165, 1.54) is 12.1 Å². The van der Waals surface area contributed by atoms with Gasteiger partial charge in [-0.3, -0.25) is 4.79 Å². The van der Waals surface area contributed by atoms with Crippen LogP contribution in [0.1, 0.15) is 24.5 Å². The lowest BCUT2D eigenvalue weighted by atomic mass is 9.99. The third-order valence-electron chi connectivity index (χ3n) is 5.15. The molecule has 0 radical (unpaired) electrons. The van der Waals surface area contributed by atoms with Crippen molar-refractivity contribution in [1.29, 1.82) is 0 Å². The van der Waals surface area contributed by atoms with Gasteiger partial charge in [0.15, 0.2) is 0 Å². The zero-order valence-electron chi connectivity index (χ0n) is 16.0. The molecule has 1 aliphatic rings. The van der Waals surface area contributed by atoms with E-state index in [0.29, 0.717) is 6.42 Å². The highest BCUT2D eigenvalue weighted by Gasteiger charge is 2.50. The summed E-state index contributed by atoms with van der Waals surface area (Å²) >= 11 is 0. The van der Waals surface area contributed by atoms with Gasteiger partial charge < -0.3 is 9.84 Å². The predicted molar refractivity (Wildman–Crippen MR) is 105 cm³/mol. The molecule has 7 heteroatoms. The fraction of sp³-hybridized carbons (Fsp3) is 0.381. The van der Waals surface area contributed by atoms with Gasteiger partial charge in [0.25, 0.3) is 0 Å². The number of carbonyl (C=O) groups is 1. The van der Waals surface area contributed by atoms with Crippen molar-refractivity contribution in [3.05, 3.63) is 65.7 Å². The van der Waals surface area contributed by atoms with Gasteiger partial charge in [0.2, 0.25) is 10.0 Å². The quantitative estimate of drug-likeness (QED) is 0.749. The molecule has 1 fully saturated rings. The summed E-state index contributed by atoms with van der Waals surface area (Å²) in [7, 11) is -3.94. The second kappa shape index (κ2) is 8.43. The van der Waals surface area contributed by atoms with Gasteiger partial charge in [-0.15, -0.1) is 0 Å². The van der Waals surface area contributed by atoms with Crippen molar-refractivity contribution in [2.45, 2.75) is 43.9 Å². The molecule has 0 aliphatic carbocycles. The summed E-state index contributed by atoms with van der Waals surface area (Å²) < 4.78 is 32.7. The summed E-state index contributed by atoms with van der Waals surface area (Å²) in [5, 5.41) is 10.6. The number of aliphatic hydroxyl groups excluding tert-OH is 1. The fourth-order valence-corrected chi connectivity index (χ4v) is 5.06. The van der Waals surface area contributed by atoms with Crippen LogP contribution in [0.2, 0.25) is 0 Å². The summed E-state index contributed by atoms with van der Waals surface area (Å²) in [6.07, 6.45) is -0.544. The average molecular weight is 404 g/mol. The van der Waals surface area contributed by atoms with E-state index in [0.717, 1.165) is 15.4 Å². The first-order chi connectivity index (χ1) is 13.3. The van der Waals surface area contributed by atoms with Crippen molar-refractivity contribution in [3.63, 3.8) is 0 Å². The number of aryl methyl sites for hydroxylation is 1. The molecule has 1 saturated heterocycles. The van der Waals surface area contributed by atoms with Crippen LogP contribution in [0, 0.1) is 12.8 Å². The normalized spacial score (nSPS) is 22.9. The van der Waals surface area contributed by atoms with Crippen LogP contribution in [-0.4, -0.2) is 42.5 Å². The molecule has 0 aromatic heterocycles. The van der Waals surface area contributed by atoms with Gasteiger partial charge in [0.05, 0.1) is 11.0 Å². The Bertz CT molecular complexity index is 912. The van der Waals surface area contributed by atoms with E-state index in [9.17, 15) is 18.3 Å². The fourth-order valence-electron chi connectivity index (χ4n) is 3.42. The molecule has 0 saturated carbocycles. The highest BCUT2D eigenvalue weighted by molar-refractivity contribution is 7.89. The predicted octanol–water partition coefficient (Wildman–Crippen LogP) is 2.50. The lowest BCUT2D eigenvalue weighted by Gasteiger charge is -2.24. The minimum atomic E-state index is -3.94. The first-order valence-corrected chi connectivity index (χ1v) is 10.8. The maximum atomic E-state index is 13.1. The highest BCUT2D eigenvalue weighted by Crippen LogP contribution is 2.32. The van der Waals surface area contributed by atoms with Crippen LogP contribution in [0.5, 0.6) is 0 Å². The lowest BCUT2D eigenvalue weighted by molar-refractivity contribution is -0.151. The Morgan fingerprint density at radius 2 is 1.79 bits per heavy atom. The first kappa shape index (κ1) is 20.5. The molecule has 2 aromatic carbocycles. The Hall–Kier alpha value is -2.22. The SMILES string of the molecule is CCC1CN(S(=O)(=O)c2ccc(C)cc2)C(C(=O)OCc2ccccc2)C1O. The zero-order chi connectivity index (χ0) is 20.3. The maximum absolute atomic E-state index is 13.1. The third kappa shape index (κ3) is 4.11. The van der Waals surface area contributed by atoms with Gasteiger partial charge in [-0.2, -0.15) is 4.31 Å². The summed E-state index contributed by atoms with van der Waals surface area (Å²) in [5.74, 6) is -1.06. The molecule has 1 heterocycles. The number of aliphatic hydroxyl groups is 1. The van der Waals surface area contributed by atoms with E-state index in [4.69, 9.17) is 4.74 Å². The molecular weight excluding hydrogens is 378 g/mol. The minimum Gasteiger partial charge on any atom is -0.460 e. The van der Waals surface area contributed by atoms with Crippen molar-refractivity contribution in [2.24, 2.45) is 5.92 Å². The molecule has 150 valence electrons. The van der Waals surface area contributed by atoms with Gasteiger partial charge in [-0.1, -0.05) is 55.0 Å². The molecule has 28 heavy (non-hydrogen) atoms. The van der Waals surface area contributed by atoms with E-state index in [2.05, 4.69) is 0 Å². The lowest BCUT2D eigenvalue weighted by Crippen LogP contribution is -2.46. The van der Waals surface area contributed by atoms with Crippen LogP contribution in [-0.2, 0) is 26.2 Å². The first-order valence-electron chi connectivity index (χ1n) is 9.31. The number of sulfonamides is 1. The van der Waals surface area contributed by atoms with Gasteiger partial charge in [0, 0.05) is 12.5 Å². The third-order valence-corrected chi connectivity index (χ3v) is 7.01. The van der Waals surface area contributed by atoms with Crippen LogP contribution in [0.25, 0.3) is 0 Å². The van der Waals surface area contributed by atoms with Crippen molar-refractivity contribution in [2.75, 3.05) is 6.54 Å². The number of hydrogen-bond acceptors (Lipinski definition) is 5. The van der Waals surface area contributed by atoms with Gasteiger partial charge in [-0.25, -0.2) is 8.42 Å². The van der Waals surface area contributed by atoms with Crippen molar-refractivity contribution < 1.29 is 23.1 Å². The molecule has 1 aliphatic heterocycles. The Morgan fingerprint density at radius 3 is 2.39 bits per heavy atom. The second-order valence-electron chi connectivity index (χ2n) is 7.08. The second-order valence-corrected chi connectivity index (χ2v) is 8.98. The molecule has 0 spiro atoms. The van der Waals surface area contributed by atoms with Crippen LogP contribution in [0.4, 0.5) is 0 Å². The van der Waals surface area contributed by atoms with Crippen molar-refractivity contribution >= 4 is 16.0 Å². The van der Waals surface area contributed by atoms with Gasteiger partial charge in [-0.05, 0) is 31.0 Å². The molecule has 0 amide bonds. The number of hydrogen-bond donors (Lipinski definition) is 1. The molecule has 3 rings (SSSR count). The van der Waals surface area contributed by atoms with E-state index in [1.807, 2.05) is 44.2 Å². The summed E-state index contributed by atoms with van der Waals surface area (Å²) in [4.78, 5) is 12.8. The molecule has 3 atom stereocenters. The van der Waals surface area contributed by atoms with E-state index < -0.39 is 28.1 Å². The standard InChI is InChI=1S/C21H25NO5S/c1-3-17-13-22(28(25,26)18-11-9-15(2)10-12-18)19(20(17)23)21(24)27-14-16-7-5-4-6-8-16/h4-12,17,19-20,23H,3,13-14H2,1-2H3. The molecule has 3 unspecified atom stereocenters. The van der Waals surface area contributed by atoms with Crippen molar-refractivity contribution in [1.82, 2.24) is 4.31 Å². The van der Waals surface area contributed by atoms with Crippen LogP contribution < -0.4 is 0 Å². The smallest absolute Gasteiger partial charge is 0.327 e. The van der Waals surface area contributed by atoms with E-state index in [-0.39, 0.29) is 24.0 Å². The molecule has 0 bridgehead atoms. The summed E-state index contributed by atoms with van der Waals surface area (Å²) in [5.41, 5.74) is 1.73. The summed E-state index contributed by atoms with van der Waals surface area (Å²) in [6.45, 7) is 3.84. The topological polar surface area (TPSA) is 83.9 Å². The van der Waals surface area contributed by atoms with Crippen LogP contribution in [0.3, 0.4) is 0 Å². The Kier molecular flexibility index (Phi) is 6.17. The Labute approximate surface area is 165 Å². The number of rotatable bonds is 6. The zero-order valence-corrected chi connectivity index (χ0v) is 16.8. The number of ether oxygens (including phenoxy) is 1. The van der Waals surface area contributed by atoms with Crippen LogP contribution >= 0.6 is 0 Å². The Morgan fingerprint density at radius 1 is 1.14 bits per heavy atom. The molecule has 1 N–H and O–H groups in total. The van der Waals surface area contributed by atoms with Gasteiger partial charge in [0.1, 0.15) is 12.6 Å². The maximum Gasteiger partial charge on any atom is 0.327 e. The summed E-state index contributed by atoms with van der Waals surface area (Å²) in [6, 6.07) is 14.3. The minimum absolute atomic E-state index is 0.0259. The largest absolute Gasteiger partial charge is 0.460 e. The highest BCUT2D eigenvalue weighted by atomic mass is 32.2. The Balaban J connectivity index is 1.85. The average Bonchev–Trinajstić information content (AvgIpc) is 3.04. The monoisotopic (exact) mass is 403 g/mol. The molecule has 6 nitrogen and oxygen atoms in total.